The minimum Gasteiger partial charge on any atom is -0.479 e. The van der Waals surface area contributed by atoms with Crippen molar-refractivity contribution in [1.29, 1.82) is 0 Å². The molecule has 2 aliphatic rings. The second kappa shape index (κ2) is 6.59. The van der Waals surface area contributed by atoms with Crippen molar-refractivity contribution in [3.8, 4) is 0 Å². The molecule has 1 aromatic rings. The average molecular weight is 336 g/mol. The number of hydrogen-bond donors (Lipinski definition) is 2. The van der Waals surface area contributed by atoms with Gasteiger partial charge < -0.3 is 20.1 Å². The van der Waals surface area contributed by atoms with Crippen LogP contribution in [0.3, 0.4) is 0 Å². The zero-order valence-corrected chi connectivity index (χ0v) is 13.0. The number of nitrogens with one attached hydrogen (secondary N) is 1. The predicted octanol–water partition coefficient (Wildman–Crippen LogP) is 0.801. The average Bonchev–Trinajstić information content (AvgIpc) is 2.55. The van der Waals surface area contributed by atoms with E-state index in [2.05, 4.69) is 5.32 Å². The number of carboxylic acids is 1. The maximum atomic E-state index is 12.4. The molecule has 0 spiro atoms. The third-order valence-corrected chi connectivity index (χ3v) is 5.04. The molecule has 2 aliphatic heterocycles. The van der Waals surface area contributed by atoms with Crippen molar-refractivity contribution in [2.75, 3.05) is 25.0 Å². The zero-order valence-electron chi connectivity index (χ0n) is 12.2. The van der Waals surface area contributed by atoms with Gasteiger partial charge in [0.05, 0.1) is 24.1 Å². The van der Waals surface area contributed by atoms with Crippen molar-refractivity contribution >= 4 is 35.2 Å². The Morgan fingerprint density at radius 3 is 2.96 bits per heavy atom. The number of rotatable bonds is 3. The van der Waals surface area contributed by atoms with E-state index in [0.717, 1.165) is 10.6 Å². The summed E-state index contributed by atoms with van der Waals surface area (Å²) in [5.41, 5.74) is 0.753. The van der Waals surface area contributed by atoms with Crippen molar-refractivity contribution in [2.45, 2.75) is 22.7 Å². The van der Waals surface area contributed by atoms with Crippen LogP contribution in [-0.4, -0.2) is 58.8 Å². The Morgan fingerprint density at radius 1 is 1.39 bits per heavy atom. The van der Waals surface area contributed by atoms with Gasteiger partial charge in [-0.15, -0.1) is 11.8 Å². The lowest BCUT2D eigenvalue weighted by molar-refractivity contribution is -0.159. The molecule has 2 heterocycles. The molecular formula is C15H16N2O5S. The lowest BCUT2D eigenvalue weighted by atomic mass is 10.2. The topological polar surface area (TPSA) is 95.9 Å². The Labute approximate surface area is 137 Å². The Morgan fingerprint density at radius 2 is 2.17 bits per heavy atom. The Hall–Kier alpha value is -2.06. The summed E-state index contributed by atoms with van der Waals surface area (Å²) in [6.07, 6.45) is -0.960. The molecule has 1 aromatic carbocycles. The number of carboxylic acid groups (broad SMARTS) is 1. The van der Waals surface area contributed by atoms with Gasteiger partial charge >= 0.3 is 5.97 Å². The quantitative estimate of drug-likeness (QED) is 0.848. The highest BCUT2D eigenvalue weighted by Crippen LogP contribution is 2.36. The van der Waals surface area contributed by atoms with Crippen LogP contribution in [0.5, 0.6) is 0 Å². The van der Waals surface area contributed by atoms with Crippen molar-refractivity contribution in [2.24, 2.45) is 0 Å². The van der Waals surface area contributed by atoms with Crippen LogP contribution < -0.4 is 5.32 Å². The van der Waals surface area contributed by atoms with Crippen LogP contribution in [0.4, 0.5) is 5.69 Å². The molecular weight excluding hydrogens is 320 g/mol. The zero-order chi connectivity index (χ0) is 16.4. The third-order valence-electron chi connectivity index (χ3n) is 3.76. The first-order chi connectivity index (χ1) is 11.0. The minimum atomic E-state index is -1.08. The minimum absolute atomic E-state index is 0.0176. The van der Waals surface area contributed by atoms with Gasteiger partial charge in [0.1, 0.15) is 0 Å². The number of morpholine rings is 1. The molecule has 0 bridgehead atoms. The number of nitrogens with zero attached hydrogens (tertiary/aromatic N) is 1. The first-order valence-corrected chi connectivity index (χ1v) is 8.11. The first kappa shape index (κ1) is 15.8. The van der Waals surface area contributed by atoms with E-state index in [-0.39, 0.29) is 31.4 Å². The molecule has 0 radical (unpaired) electrons. The highest BCUT2D eigenvalue weighted by atomic mass is 32.2. The molecule has 2 amide bonds. The molecule has 8 heteroatoms. The van der Waals surface area contributed by atoms with Crippen LogP contribution in [0.25, 0.3) is 0 Å². The van der Waals surface area contributed by atoms with Crippen molar-refractivity contribution < 1.29 is 24.2 Å². The molecule has 0 aromatic heterocycles. The molecule has 23 heavy (non-hydrogen) atoms. The third kappa shape index (κ3) is 3.48. The molecule has 1 fully saturated rings. The van der Waals surface area contributed by atoms with E-state index in [1.807, 2.05) is 24.3 Å². The number of hydrogen-bond acceptors (Lipinski definition) is 5. The smallest absolute Gasteiger partial charge is 0.334 e. The maximum Gasteiger partial charge on any atom is 0.334 e. The number of benzene rings is 1. The van der Waals surface area contributed by atoms with Crippen LogP contribution in [0, 0.1) is 0 Å². The molecule has 0 aliphatic carbocycles. The van der Waals surface area contributed by atoms with Gasteiger partial charge in [0.25, 0.3) is 0 Å². The summed E-state index contributed by atoms with van der Waals surface area (Å²) in [5.74, 6) is -1.52. The molecule has 122 valence electrons. The largest absolute Gasteiger partial charge is 0.479 e. The molecule has 7 nitrogen and oxygen atoms in total. The van der Waals surface area contributed by atoms with Crippen LogP contribution in [0.2, 0.25) is 0 Å². The highest BCUT2D eigenvalue weighted by Gasteiger charge is 2.33. The number of para-hydroxylation sites is 1. The second-order valence-corrected chi connectivity index (χ2v) is 6.58. The summed E-state index contributed by atoms with van der Waals surface area (Å²) in [4.78, 5) is 37.9. The van der Waals surface area contributed by atoms with Gasteiger partial charge in [0.15, 0.2) is 6.10 Å². The van der Waals surface area contributed by atoms with Gasteiger partial charge in [-0.2, -0.15) is 0 Å². The fourth-order valence-corrected chi connectivity index (χ4v) is 3.64. The first-order valence-electron chi connectivity index (χ1n) is 7.23. The van der Waals surface area contributed by atoms with Gasteiger partial charge in [0.2, 0.25) is 11.8 Å². The number of amides is 2. The van der Waals surface area contributed by atoms with E-state index in [9.17, 15) is 14.4 Å². The summed E-state index contributed by atoms with van der Waals surface area (Å²) >= 11 is 1.36. The second-order valence-electron chi connectivity index (χ2n) is 5.33. The fourth-order valence-electron chi connectivity index (χ4n) is 2.54. The molecule has 0 saturated carbocycles. The Balaban J connectivity index is 1.64. The fraction of sp³-hybridized carbons (Fsp3) is 0.400. The lowest BCUT2D eigenvalue weighted by Crippen LogP contribution is -2.49. The van der Waals surface area contributed by atoms with Gasteiger partial charge in [0, 0.05) is 17.9 Å². The number of carbonyl (C=O) groups is 3. The van der Waals surface area contributed by atoms with E-state index >= 15 is 0 Å². The van der Waals surface area contributed by atoms with Crippen molar-refractivity contribution in [3.05, 3.63) is 24.3 Å². The van der Waals surface area contributed by atoms with Crippen LogP contribution >= 0.6 is 11.8 Å². The van der Waals surface area contributed by atoms with E-state index in [0.29, 0.717) is 6.54 Å². The van der Waals surface area contributed by atoms with Crippen molar-refractivity contribution in [3.63, 3.8) is 0 Å². The normalized spacial score (nSPS) is 23.8. The molecule has 3 rings (SSSR count). The summed E-state index contributed by atoms with van der Waals surface area (Å²) in [6.45, 7) is 0.553. The lowest BCUT2D eigenvalue weighted by Gasteiger charge is -2.32. The van der Waals surface area contributed by atoms with Gasteiger partial charge in [-0.1, -0.05) is 12.1 Å². The monoisotopic (exact) mass is 336 g/mol. The van der Waals surface area contributed by atoms with Crippen molar-refractivity contribution in [1.82, 2.24) is 4.90 Å². The maximum absolute atomic E-state index is 12.4. The number of anilines is 1. The number of carbonyl (C=O) groups excluding carboxylic acids is 2. The summed E-state index contributed by atoms with van der Waals surface area (Å²) in [5, 5.41) is 11.3. The van der Waals surface area contributed by atoms with E-state index in [1.54, 1.807) is 0 Å². The SMILES string of the molecule is O=C(O)C1CN(C(=O)CC2Sc3ccccc3NC2=O)CCO1. The molecule has 2 unspecified atom stereocenters. The Kier molecular flexibility index (Phi) is 4.53. The summed E-state index contributed by atoms with van der Waals surface area (Å²) < 4.78 is 5.10. The number of fused-ring (bicyclic) bond motifs is 1. The number of aliphatic carboxylic acids is 1. The van der Waals surface area contributed by atoms with Crippen LogP contribution in [0.15, 0.2) is 29.2 Å². The van der Waals surface area contributed by atoms with E-state index in [1.165, 1.54) is 16.7 Å². The molecule has 1 saturated heterocycles. The highest BCUT2D eigenvalue weighted by molar-refractivity contribution is 8.01. The van der Waals surface area contributed by atoms with Gasteiger partial charge in [-0.25, -0.2) is 4.79 Å². The molecule has 2 atom stereocenters. The summed E-state index contributed by atoms with van der Waals surface area (Å²) in [7, 11) is 0. The summed E-state index contributed by atoms with van der Waals surface area (Å²) in [6, 6.07) is 7.43. The van der Waals surface area contributed by atoms with E-state index < -0.39 is 17.3 Å². The van der Waals surface area contributed by atoms with Crippen LogP contribution in [-0.2, 0) is 19.1 Å². The Bertz CT molecular complexity index is 651. The molecule has 2 N–H and O–H groups in total. The van der Waals surface area contributed by atoms with E-state index in [4.69, 9.17) is 9.84 Å². The predicted molar refractivity (Wildman–Crippen MR) is 83.3 cm³/mol. The van der Waals surface area contributed by atoms with Crippen LogP contribution in [0.1, 0.15) is 6.42 Å². The van der Waals surface area contributed by atoms with Gasteiger partial charge in [-0.05, 0) is 12.1 Å². The standard InChI is InChI=1S/C15H16N2O5S/c18-13(17-5-6-22-10(8-17)15(20)21)7-12-14(19)16-9-3-1-2-4-11(9)23-12/h1-4,10,12H,5-8H2,(H,16,19)(H,20,21). The number of ether oxygens (including phenoxy) is 1. The number of thioether (sulfide) groups is 1. The van der Waals surface area contributed by atoms with Gasteiger partial charge in [-0.3, -0.25) is 9.59 Å².